The van der Waals surface area contributed by atoms with Gasteiger partial charge in [-0.2, -0.15) is 26.3 Å². The summed E-state index contributed by atoms with van der Waals surface area (Å²) < 4.78 is 98.0. The average molecular weight is 572 g/mol. The molecule has 2 aromatic carbocycles. The Labute approximate surface area is 216 Å². The van der Waals surface area contributed by atoms with Crippen LogP contribution >= 0.6 is 23.2 Å². The standard InChI is InChI=1S/C23H18Cl2F7N3O2/c1-34(2)19(36)35-10-20(26,11-35)13-5-3-12(4-6-13)17-9-21(37-33-17,23(30,31)32)14-7-15(22(27,28)29)18(25)16(24)8-14/h3-9,33H,10-11H2,1-2H3. The number of hydroxylamine groups is 1. The maximum Gasteiger partial charge on any atom is 0.428 e. The number of urea groups is 1. The Morgan fingerprint density at radius 1 is 1.03 bits per heavy atom. The molecule has 37 heavy (non-hydrogen) atoms. The molecule has 1 atom stereocenters. The Kier molecular flexibility index (Phi) is 6.61. The summed E-state index contributed by atoms with van der Waals surface area (Å²) in [5.74, 6) is 0. The molecule has 0 bridgehead atoms. The maximum absolute atomic E-state index is 15.2. The lowest BCUT2D eigenvalue weighted by atomic mass is 9.87. The van der Waals surface area contributed by atoms with E-state index < -0.39 is 44.8 Å². The third-order valence-corrected chi connectivity index (χ3v) is 6.90. The van der Waals surface area contributed by atoms with Crippen LogP contribution in [0.1, 0.15) is 22.3 Å². The number of carbonyl (C=O) groups is 1. The number of hydrogen-bond acceptors (Lipinski definition) is 3. The number of hydrogen-bond donors (Lipinski definition) is 1. The fourth-order valence-corrected chi connectivity index (χ4v) is 4.54. The van der Waals surface area contributed by atoms with Gasteiger partial charge < -0.3 is 9.80 Å². The van der Waals surface area contributed by atoms with E-state index in [-0.39, 0.29) is 42.0 Å². The first-order chi connectivity index (χ1) is 17.0. The van der Waals surface area contributed by atoms with Gasteiger partial charge in [0, 0.05) is 19.7 Å². The fraction of sp³-hybridized carbons (Fsp3) is 0.348. The van der Waals surface area contributed by atoms with Crippen LogP contribution in [-0.2, 0) is 22.3 Å². The summed E-state index contributed by atoms with van der Waals surface area (Å²) in [7, 11) is 3.06. The zero-order chi connectivity index (χ0) is 27.6. The van der Waals surface area contributed by atoms with Gasteiger partial charge in [-0.3, -0.25) is 10.3 Å². The summed E-state index contributed by atoms with van der Waals surface area (Å²) >= 11 is 11.3. The third kappa shape index (κ3) is 4.70. The van der Waals surface area contributed by atoms with Crippen LogP contribution in [0.4, 0.5) is 35.5 Å². The van der Waals surface area contributed by atoms with Crippen LogP contribution in [0.3, 0.4) is 0 Å². The van der Waals surface area contributed by atoms with Gasteiger partial charge in [0.15, 0.2) is 5.67 Å². The van der Waals surface area contributed by atoms with Crippen molar-refractivity contribution in [1.82, 2.24) is 15.3 Å². The summed E-state index contributed by atoms with van der Waals surface area (Å²) in [5, 5.41) is -1.68. The normalized spacial score (nSPS) is 21.3. The number of likely N-dealkylation sites (tertiary alicyclic amines) is 1. The SMILES string of the molecule is CN(C)C(=O)N1CC(F)(c2ccc(C3=CC(c4cc(Cl)c(Cl)c(C(F)(F)F)c4)(C(F)(F)F)ON3)cc2)C1. The van der Waals surface area contributed by atoms with E-state index in [4.69, 9.17) is 28.0 Å². The number of nitrogens with zero attached hydrogens (tertiary/aromatic N) is 2. The van der Waals surface area contributed by atoms with Crippen molar-refractivity contribution in [1.29, 1.82) is 0 Å². The van der Waals surface area contributed by atoms with Crippen molar-refractivity contribution >= 4 is 34.9 Å². The number of halogens is 9. The molecule has 5 nitrogen and oxygen atoms in total. The Balaban J connectivity index is 1.67. The first-order valence-corrected chi connectivity index (χ1v) is 11.3. The molecule has 2 heterocycles. The van der Waals surface area contributed by atoms with Crippen molar-refractivity contribution in [2.24, 2.45) is 0 Å². The van der Waals surface area contributed by atoms with Crippen LogP contribution in [0.5, 0.6) is 0 Å². The van der Waals surface area contributed by atoms with Crippen molar-refractivity contribution in [2.45, 2.75) is 23.6 Å². The van der Waals surface area contributed by atoms with Crippen LogP contribution in [0.25, 0.3) is 5.70 Å². The van der Waals surface area contributed by atoms with Gasteiger partial charge in [-0.25, -0.2) is 9.18 Å². The second kappa shape index (κ2) is 8.95. The molecule has 0 aliphatic carbocycles. The third-order valence-electron chi connectivity index (χ3n) is 6.10. The van der Waals surface area contributed by atoms with Crippen LogP contribution in [0.15, 0.2) is 42.5 Å². The van der Waals surface area contributed by atoms with E-state index in [1.54, 1.807) is 0 Å². The lowest BCUT2D eigenvalue weighted by molar-refractivity contribution is -0.269. The molecule has 200 valence electrons. The van der Waals surface area contributed by atoms with E-state index in [1.165, 1.54) is 48.2 Å². The quantitative estimate of drug-likeness (QED) is 0.427. The van der Waals surface area contributed by atoms with Gasteiger partial charge in [0.2, 0.25) is 5.60 Å². The summed E-state index contributed by atoms with van der Waals surface area (Å²) in [6.07, 6.45) is -9.71. The smallest absolute Gasteiger partial charge is 0.331 e. The predicted octanol–water partition coefficient (Wildman–Crippen LogP) is 6.51. The zero-order valence-corrected chi connectivity index (χ0v) is 20.6. The molecule has 1 N–H and O–H groups in total. The van der Waals surface area contributed by atoms with Gasteiger partial charge in [-0.15, -0.1) is 0 Å². The van der Waals surface area contributed by atoms with Gasteiger partial charge in [0.1, 0.15) is 0 Å². The largest absolute Gasteiger partial charge is 0.428 e. The topological polar surface area (TPSA) is 44.8 Å². The Morgan fingerprint density at radius 3 is 2.14 bits per heavy atom. The highest BCUT2D eigenvalue weighted by atomic mass is 35.5. The molecule has 2 aliphatic rings. The molecule has 0 aromatic heterocycles. The number of amides is 2. The summed E-state index contributed by atoms with van der Waals surface area (Å²) in [6.45, 7) is -0.382. The molecule has 0 spiro atoms. The molecular formula is C23H18Cl2F7N3O2. The fourth-order valence-electron chi connectivity index (χ4n) is 4.10. The van der Waals surface area contributed by atoms with E-state index in [0.717, 1.165) is 0 Å². The summed E-state index contributed by atoms with van der Waals surface area (Å²) in [5.41, 5.74) is -5.39. The highest BCUT2D eigenvalue weighted by Crippen LogP contribution is 2.50. The maximum atomic E-state index is 15.2. The van der Waals surface area contributed by atoms with Crippen molar-refractivity contribution in [3.63, 3.8) is 0 Å². The van der Waals surface area contributed by atoms with Gasteiger partial charge in [0.25, 0.3) is 0 Å². The molecule has 1 fully saturated rings. The second-order valence-electron chi connectivity index (χ2n) is 8.89. The average Bonchev–Trinajstić information content (AvgIpc) is 3.24. The van der Waals surface area contributed by atoms with Crippen molar-refractivity contribution < 1.29 is 40.4 Å². The lowest BCUT2D eigenvalue weighted by Crippen LogP contribution is -2.60. The lowest BCUT2D eigenvalue weighted by Gasteiger charge is -2.45. The molecule has 1 saturated heterocycles. The number of carbonyl (C=O) groups excluding carboxylic acids is 1. The van der Waals surface area contributed by atoms with Crippen LogP contribution < -0.4 is 5.48 Å². The van der Waals surface area contributed by atoms with Gasteiger partial charge in [0.05, 0.1) is 34.4 Å². The van der Waals surface area contributed by atoms with Gasteiger partial charge in [-0.05, 0) is 29.3 Å². The number of nitrogens with one attached hydrogen (secondary N) is 1. The minimum absolute atomic E-state index is 0.148. The first kappa shape index (κ1) is 27.3. The van der Waals surface area contributed by atoms with Crippen LogP contribution in [-0.4, -0.2) is 49.2 Å². The Hall–Kier alpha value is -2.70. The van der Waals surface area contributed by atoms with Gasteiger partial charge in [-0.1, -0.05) is 47.5 Å². The molecule has 14 heteroatoms. The Morgan fingerprint density at radius 2 is 1.62 bits per heavy atom. The monoisotopic (exact) mass is 571 g/mol. The number of alkyl halides is 7. The molecule has 1 unspecified atom stereocenters. The predicted molar refractivity (Wildman–Crippen MR) is 121 cm³/mol. The van der Waals surface area contributed by atoms with Crippen LogP contribution in [0, 0.1) is 0 Å². The van der Waals surface area contributed by atoms with E-state index in [0.29, 0.717) is 12.1 Å². The minimum Gasteiger partial charge on any atom is -0.331 e. The molecule has 2 amide bonds. The minimum atomic E-state index is -5.21. The zero-order valence-electron chi connectivity index (χ0n) is 19.1. The second-order valence-corrected chi connectivity index (χ2v) is 9.67. The van der Waals surface area contributed by atoms with E-state index >= 15 is 4.39 Å². The van der Waals surface area contributed by atoms with Gasteiger partial charge >= 0.3 is 18.4 Å². The highest BCUT2D eigenvalue weighted by Gasteiger charge is 2.60. The number of rotatable bonds is 3. The number of benzene rings is 2. The van der Waals surface area contributed by atoms with Crippen molar-refractivity contribution in [2.75, 3.05) is 27.2 Å². The molecule has 2 aliphatic heterocycles. The molecule has 0 radical (unpaired) electrons. The van der Waals surface area contributed by atoms with E-state index in [2.05, 4.69) is 5.48 Å². The van der Waals surface area contributed by atoms with Crippen molar-refractivity contribution in [3.8, 4) is 0 Å². The molecule has 0 saturated carbocycles. The summed E-state index contributed by atoms with van der Waals surface area (Å²) in [6, 6.07) is 5.89. The first-order valence-electron chi connectivity index (χ1n) is 10.5. The van der Waals surface area contributed by atoms with Crippen molar-refractivity contribution in [3.05, 3.63) is 74.8 Å². The van der Waals surface area contributed by atoms with E-state index in [9.17, 15) is 31.1 Å². The van der Waals surface area contributed by atoms with Crippen LogP contribution in [0.2, 0.25) is 10.0 Å². The Bertz CT molecular complexity index is 1260. The highest BCUT2D eigenvalue weighted by molar-refractivity contribution is 6.42. The summed E-state index contributed by atoms with van der Waals surface area (Å²) in [4.78, 5) is 19.4. The molecular weight excluding hydrogens is 554 g/mol. The molecule has 2 aromatic rings. The van der Waals surface area contributed by atoms with E-state index in [1.807, 2.05) is 0 Å². The molecule has 4 rings (SSSR count).